The number of aliphatic hydroxyl groups is 1. The van der Waals surface area contributed by atoms with Crippen LogP contribution in [-0.2, 0) is 0 Å². The van der Waals surface area contributed by atoms with Crippen molar-refractivity contribution in [3.63, 3.8) is 0 Å². The summed E-state index contributed by atoms with van der Waals surface area (Å²) in [5.74, 6) is -0.485. The third-order valence-corrected chi connectivity index (χ3v) is 2.98. The second kappa shape index (κ2) is 5.24. The molecule has 1 amide bonds. The highest BCUT2D eigenvalue weighted by atomic mass is 35.5. The summed E-state index contributed by atoms with van der Waals surface area (Å²) in [7, 11) is 0. The zero-order chi connectivity index (χ0) is 12.3. The maximum Gasteiger partial charge on any atom is 0.299 e. The number of hydrogen-bond donors (Lipinski definition) is 2. The number of aliphatic hydroxyl groups excluding tert-OH is 1. The van der Waals surface area contributed by atoms with Gasteiger partial charge in [0.25, 0.3) is 11.6 Å². The summed E-state index contributed by atoms with van der Waals surface area (Å²) in [6.45, 7) is 1.60. The molecule has 1 aromatic rings. The van der Waals surface area contributed by atoms with Crippen molar-refractivity contribution in [3.05, 3.63) is 25.4 Å². The number of thiophene rings is 1. The average molecular weight is 265 g/mol. The third kappa shape index (κ3) is 3.16. The van der Waals surface area contributed by atoms with Gasteiger partial charge in [0.15, 0.2) is 4.34 Å². The van der Waals surface area contributed by atoms with Gasteiger partial charge in [-0.2, -0.15) is 0 Å². The topological polar surface area (TPSA) is 92.5 Å². The molecule has 8 heteroatoms. The van der Waals surface area contributed by atoms with E-state index in [1.165, 1.54) is 6.92 Å². The number of nitrogens with zero attached hydrogens (tertiary/aromatic N) is 1. The number of rotatable bonds is 4. The minimum Gasteiger partial charge on any atom is -0.392 e. The van der Waals surface area contributed by atoms with E-state index >= 15 is 0 Å². The van der Waals surface area contributed by atoms with Crippen molar-refractivity contribution >= 4 is 34.5 Å². The molecule has 0 aliphatic carbocycles. The quantitative estimate of drug-likeness (QED) is 0.635. The number of nitro groups is 1. The van der Waals surface area contributed by atoms with Crippen LogP contribution in [0.5, 0.6) is 0 Å². The molecule has 1 heterocycles. The van der Waals surface area contributed by atoms with Gasteiger partial charge in [0, 0.05) is 12.6 Å². The molecule has 0 bridgehead atoms. The van der Waals surface area contributed by atoms with E-state index in [4.69, 9.17) is 16.7 Å². The van der Waals surface area contributed by atoms with Gasteiger partial charge in [-0.05, 0) is 6.92 Å². The molecule has 0 saturated heterocycles. The predicted molar refractivity (Wildman–Crippen MR) is 60.0 cm³/mol. The van der Waals surface area contributed by atoms with Gasteiger partial charge in [0.2, 0.25) is 0 Å². The Morgan fingerprint density at radius 3 is 2.88 bits per heavy atom. The zero-order valence-corrected chi connectivity index (χ0v) is 9.84. The molecule has 0 aliphatic rings. The molecule has 6 nitrogen and oxygen atoms in total. The Morgan fingerprint density at radius 2 is 2.44 bits per heavy atom. The van der Waals surface area contributed by atoms with Crippen LogP contribution in [-0.4, -0.2) is 28.6 Å². The molecular weight excluding hydrogens is 256 g/mol. The van der Waals surface area contributed by atoms with Crippen LogP contribution in [0.4, 0.5) is 5.69 Å². The number of amides is 1. The predicted octanol–water partition coefficient (Wildman–Crippen LogP) is 1.42. The number of carbonyl (C=O) groups is 1. The van der Waals surface area contributed by atoms with Crippen molar-refractivity contribution in [1.29, 1.82) is 0 Å². The highest BCUT2D eigenvalue weighted by Crippen LogP contribution is 2.33. The minimum absolute atomic E-state index is 0.0350. The molecule has 88 valence electrons. The van der Waals surface area contributed by atoms with Gasteiger partial charge in [0.05, 0.1) is 11.0 Å². The van der Waals surface area contributed by atoms with Gasteiger partial charge in [-0.15, -0.1) is 11.3 Å². The molecule has 0 fully saturated rings. The molecule has 0 aliphatic heterocycles. The van der Waals surface area contributed by atoms with Gasteiger partial charge in [-0.25, -0.2) is 0 Å². The van der Waals surface area contributed by atoms with Crippen LogP contribution < -0.4 is 5.32 Å². The Morgan fingerprint density at radius 1 is 1.81 bits per heavy atom. The summed E-state index contributed by atoms with van der Waals surface area (Å²) in [4.78, 5) is 21.4. The number of hydrogen-bond acceptors (Lipinski definition) is 5. The van der Waals surface area contributed by atoms with Gasteiger partial charge >= 0.3 is 0 Å². The van der Waals surface area contributed by atoms with E-state index in [1.807, 2.05) is 0 Å². The fourth-order valence-electron chi connectivity index (χ4n) is 0.923. The lowest BCUT2D eigenvalue weighted by molar-refractivity contribution is -0.384. The molecule has 1 unspecified atom stereocenters. The molecule has 1 atom stereocenters. The smallest absolute Gasteiger partial charge is 0.299 e. The molecule has 0 saturated carbocycles. The van der Waals surface area contributed by atoms with E-state index in [-0.39, 0.29) is 21.4 Å². The fraction of sp³-hybridized carbons (Fsp3) is 0.375. The largest absolute Gasteiger partial charge is 0.392 e. The first kappa shape index (κ1) is 12.9. The first-order valence-electron chi connectivity index (χ1n) is 4.31. The van der Waals surface area contributed by atoms with Crippen molar-refractivity contribution in [2.75, 3.05) is 6.54 Å². The minimum atomic E-state index is -0.672. The standard InChI is InChI=1S/C8H9ClN2O4S/c1-4(12)3-10-8(13)6-2-5(11(14)15)7(9)16-6/h2,4,12H,3H2,1H3,(H,10,13). The molecular formula is C8H9ClN2O4S. The first-order valence-corrected chi connectivity index (χ1v) is 5.51. The van der Waals surface area contributed by atoms with Crippen LogP contribution in [0.2, 0.25) is 4.34 Å². The summed E-state index contributed by atoms with van der Waals surface area (Å²) in [5.41, 5.74) is -0.283. The van der Waals surface area contributed by atoms with E-state index in [2.05, 4.69) is 5.32 Å². The van der Waals surface area contributed by atoms with Crippen LogP contribution in [0.3, 0.4) is 0 Å². The summed E-state index contributed by atoms with van der Waals surface area (Å²) < 4.78 is -0.0350. The van der Waals surface area contributed by atoms with E-state index in [9.17, 15) is 14.9 Å². The Balaban J connectivity index is 2.77. The van der Waals surface area contributed by atoms with E-state index in [0.717, 1.165) is 17.4 Å². The lowest BCUT2D eigenvalue weighted by Gasteiger charge is -2.04. The number of carbonyl (C=O) groups excluding carboxylic acids is 1. The molecule has 2 N–H and O–H groups in total. The first-order chi connectivity index (χ1) is 7.41. The maximum atomic E-state index is 11.4. The molecule has 16 heavy (non-hydrogen) atoms. The maximum absolute atomic E-state index is 11.4. The highest BCUT2D eigenvalue weighted by molar-refractivity contribution is 7.18. The van der Waals surface area contributed by atoms with Crippen molar-refractivity contribution in [1.82, 2.24) is 5.32 Å². The number of nitrogens with one attached hydrogen (secondary N) is 1. The van der Waals surface area contributed by atoms with Crippen LogP contribution in [0, 0.1) is 10.1 Å². The van der Waals surface area contributed by atoms with E-state index in [1.54, 1.807) is 0 Å². The molecule has 0 spiro atoms. The lowest BCUT2D eigenvalue weighted by Crippen LogP contribution is -2.29. The summed E-state index contributed by atoms with van der Waals surface area (Å²) in [6.07, 6.45) is -0.672. The normalized spacial score (nSPS) is 12.2. The Hall–Kier alpha value is -1.18. The van der Waals surface area contributed by atoms with Crippen LogP contribution in [0.1, 0.15) is 16.6 Å². The van der Waals surface area contributed by atoms with Crippen LogP contribution in [0.25, 0.3) is 0 Å². The van der Waals surface area contributed by atoms with Crippen molar-refractivity contribution in [2.24, 2.45) is 0 Å². The second-order valence-electron chi connectivity index (χ2n) is 3.09. The second-order valence-corrected chi connectivity index (χ2v) is 4.74. The van der Waals surface area contributed by atoms with Crippen molar-refractivity contribution in [2.45, 2.75) is 13.0 Å². The number of halogens is 1. The van der Waals surface area contributed by atoms with Crippen LogP contribution in [0.15, 0.2) is 6.07 Å². The summed E-state index contributed by atoms with van der Waals surface area (Å²) in [5, 5.41) is 21.8. The summed E-state index contributed by atoms with van der Waals surface area (Å²) in [6, 6.07) is 1.12. The Bertz CT molecular complexity index is 418. The van der Waals surface area contributed by atoms with Gasteiger partial charge < -0.3 is 10.4 Å². The van der Waals surface area contributed by atoms with Crippen molar-refractivity contribution < 1.29 is 14.8 Å². The van der Waals surface area contributed by atoms with Crippen molar-refractivity contribution in [3.8, 4) is 0 Å². The van der Waals surface area contributed by atoms with E-state index < -0.39 is 16.9 Å². The third-order valence-electron chi connectivity index (χ3n) is 1.65. The SMILES string of the molecule is CC(O)CNC(=O)c1cc([N+](=O)[O-])c(Cl)s1. The van der Waals surface area contributed by atoms with E-state index in [0.29, 0.717) is 0 Å². The Kier molecular flexibility index (Phi) is 4.22. The molecule has 1 aromatic heterocycles. The van der Waals surface area contributed by atoms with Gasteiger partial charge in [-0.3, -0.25) is 14.9 Å². The molecule has 0 radical (unpaired) electrons. The zero-order valence-electron chi connectivity index (χ0n) is 8.27. The molecule has 1 rings (SSSR count). The van der Waals surface area contributed by atoms with Crippen LogP contribution >= 0.6 is 22.9 Å². The highest BCUT2D eigenvalue weighted by Gasteiger charge is 2.20. The lowest BCUT2D eigenvalue weighted by atomic mass is 10.3. The fourth-order valence-corrected chi connectivity index (χ4v) is 2.06. The van der Waals surface area contributed by atoms with Gasteiger partial charge in [-0.1, -0.05) is 11.6 Å². The Labute approximate surface area is 100.0 Å². The average Bonchev–Trinajstić information content (AvgIpc) is 2.56. The monoisotopic (exact) mass is 264 g/mol. The molecule has 0 aromatic carbocycles. The summed E-state index contributed by atoms with van der Waals surface area (Å²) >= 11 is 6.43. The van der Waals surface area contributed by atoms with Gasteiger partial charge in [0.1, 0.15) is 4.88 Å².